The minimum absolute atomic E-state index is 0.0172. The minimum atomic E-state index is -4.10. The van der Waals surface area contributed by atoms with Crippen LogP contribution in [0.3, 0.4) is 0 Å². The normalized spacial score (nSPS) is 25.3. The molecule has 2 aliphatic rings. The van der Waals surface area contributed by atoms with E-state index in [4.69, 9.17) is 11.6 Å². The lowest BCUT2D eigenvalue weighted by Gasteiger charge is -2.45. The van der Waals surface area contributed by atoms with Crippen molar-refractivity contribution in [2.24, 2.45) is 11.8 Å². The van der Waals surface area contributed by atoms with Gasteiger partial charge in [0.2, 0.25) is 5.95 Å². The molecule has 39 heavy (non-hydrogen) atoms. The topological polar surface area (TPSA) is 117 Å². The molecule has 12 heteroatoms. The van der Waals surface area contributed by atoms with Crippen molar-refractivity contribution in [3.05, 3.63) is 88.5 Å². The molecule has 1 heterocycles. The number of rotatable bonds is 6. The molecule has 0 saturated heterocycles. The smallest absolute Gasteiger partial charge is 0.255 e. The number of carbonyl (C=O) groups is 1. The maximum atomic E-state index is 13.7. The largest absolute Gasteiger partial charge is 0.386 e. The van der Waals surface area contributed by atoms with Gasteiger partial charge in [0.25, 0.3) is 5.91 Å². The van der Waals surface area contributed by atoms with E-state index in [0.717, 1.165) is 30.3 Å². The first-order valence-electron chi connectivity index (χ1n) is 12.2. The first-order valence-corrected chi connectivity index (χ1v) is 14.2. The number of nitrogens with zero attached hydrogens (tertiary/aromatic N) is 1. The summed E-state index contributed by atoms with van der Waals surface area (Å²) in [5, 5.41) is 23.9. The molecule has 3 unspecified atom stereocenters. The summed E-state index contributed by atoms with van der Waals surface area (Å²) in [6.07, 6.45) is -0.540. The molecule has 1 aromatic heterocycles. The van der Waals surface area contributed by atoms with Crippen LogP contribution in [0.15, 0.2) is 59.5 Å². The predicted octanol–water partition coefficient (Wildman–Crippen LogP) is 4.83. The third-order valence-electron chi connectivity index (χ3n) is 7.84. The van der Waals surface area contributed by atoms with E-state index in [1.807, 2.05) is 0 Å². The molecule has 2 aliphatic carbocycles. The fraction of sp³-hybridized carbons (Fsp3) is 0.333. The second kappa shape index (κ2) is 10.2. The summed E-state index contributed by atoms with van der Waals surface area (Å²) < 4.78 is 67.8. The number of hydrogen-bond acceptors (Lipinski definition) is 6. The Balaban J connectivity index is 1.39. The van der Waals surface area contributed by atoms with Crippen molar-refractivity contribution in [1.29, 1.82) is 0 Å². The Hall–Kier alpha value is -2.99. The molecule has 2 aromatic carbocycles. The van der Waals surface area contributed by atoms with Gasteiger partial charge in [-0.15, -0.1) is 0 Å². The van der Waals surface area contributed by atoms with Crippen molar-refractivity contribution in [2.45, 2.75) is 47.5 Å². The van der Waals surface area contributed by atoms with E-state index in [1.165, 1.54) is 24.3 Å². The summed E-state index contributed by atoms with van der Waals surface area (Å²) in [6, 6.07) is 10.4. The summed E-state index contributed by atoms with van der Waals surface area (Å²) in [5.74, 6) is -5.00. The fourth-order valence-electron chi connectivity index (χ4n) is 5.87. The monoisotopic (exact) mass is 580 g/mol. The number of nitrogens with one attached hydrogen (secondary N) is 1. The number of aliphatic hydroxyl groups is 2. The van der Waals surface area contributed by atoms with Gasteiger partial charge in [0.1, 0.15) is 11.7 Å². The molecule has 2 fully saturated rings. The Kier molecular flexibility index (Phi) is 7.21. The van der Waals surface area contributed by atoms with Gasteiger partial charge < -0.3 is 15.5 Å². The highest BCUT2D eigenvalue weighted by Crippen LogP contribution is 2.56. The lowest BCUT2D eigenvalue weighted by molar-refractivity contribution is -0.146. The third-order valence-corrected chi connectivity index (χ3v) is 10.5. The van der Waals surface area contributed by atoms with E-state index in [2.05, 4.69) is 10.3 Å². The van der Waals surface area contributed by atoms with Crippen LogP contribution in [0.5, 0.6) is 0 Å². The molecular formula is C27H24ClF3N2O5S. The zero-order valence-corrected chi connectivity index (χ0v) is 21.9. The van der Waals surface area contributed by atoms with E-state index >= 15 is 0 Å². The number of hydrogen-bond donors (Lipinski definition) is 3. The first kappa shape index (κ1) is 27.6. The molecule has 0 aliphatic heterocycles. The number of aliphatic hydroxyl groups excluding tert-OH is 1. The summed E-state index contributed by atoms with van der Waals surface area (Å²) in [6.45, 7) is 0. The third kappa shape index (κ3) is 4.93. The van der Waals surface area contributed by atoms with Crippen molar-refractivity contribution < 1.29 is 36.6 Å². The van der Waals surface area contributed by atoms with Gasteiger partial charge in [-0.05, 0) is 80.0 Å². The van der Waals surface area contributed by atoms with Crippen LogP contribution in [-0.4, -0.2) is 40.4 Å². The first-order chi connectivity index (χ1) is 18.4. The van der Waals surface area contributed by atoms with Gasteiger partial charge in [0.15, 0.2) is 21.5 Å². The van der Waals surface area contributed by atoms with Gasteiger partial charge in [0.05, 0.1) is 20.9 Å². The van der Waals surface area contributed by atoms with Crippen molar-refractivity contribution in [2.75, 3.05) is 5.32 Å². The highest BCUT2D eigenvalue weighted by atomic mass is 35.5. The van der Waals surface area contributed by atoms with Crippen LogP contribution < -0.4 is 5.32 Å². The van der Waals surface area contributed by atoms with Crippen LogP contribution in [0.2, 0.25) is 5.02 Å². The van der Waals surface area contributed by atoms with Crippen LogP contribution >= 0.6 is 11.6 Å². The second-order valence-corrected chi connectivity index (χ2v) is 12.6. The summed E-state index contributed by atoms with van der Waals surface area (Å²) >= 11 is 6.26. The SMILES string of the molecule is O=C(Nc1ccc(F)c(F)c1)c1ccc(Cl)c(S(=O)(=O)C2CC3CC[C@@H](C2)C3(O)[C@H](O)c2cccc(F)n2)c1. The molecule has 3 aromatic rings. The number of halogens is 4. The molecular weight excluding hydrogens is 557 g/mol. The van der Waals surface area contributed by atoms with Crippen LogP contribution in [0.25, 0.3) is 0 Å². The standard InChI is InChI=1S/C27H24ClF3N2O5S/c28-19-8-4-14(26(35)32-17-7-9-20(29)21(30)13-17)10-23(19)39(37,38)18-11-15-5-6-16(12-18)27(15,36)25(34)22-2-1-3-24(31)33-22/h1-4,7-10,13,15-16,18,25,34,36H,5-6,11-12H2,(H,32,35)/t15-,16?,18?,25+,27?/m0/s1. The molecule has 3 N–H and O–H groups in total. The van der Waals surface area contributed by atoms with Crippen LogP contribution in [0.1, 0.15) is 47.8 Å². The second-order valence-electron chi connectivity index (χ2n) is 10.0. The van der Waals surface area contributed by atoms with Gasteiger partial charge >= 0.3 is 0 Å². The number of pyridine rings is 1. The number of benzene rings is 2. The van der Waals surface area contributed by atoms with Crippen LogP contribution in [0, 0.1) is 29.4 Å². The highest BCUT2D eigenvalue weighted by Gasteiger charge is 2.59. The Bertz CT molecular complexity index is 1540. The predicted molar refractivity (Wildman–Crippen MR) is 136 cm³/mol. The maximum absolute atomic E-state index is 13.7. The molecule has 0 radical (unpaired) electrons. The van der Waals surface area contributed by atoms with Crippen molar-refractivity contribution >= 4 is 33.0 Å². The van der Waals surface area contributed by atoms with Crippen molar-refractivity contribution in [3.63, 3.8) is 0 Å². The molecule has 206 valence electrons. The molecule has 1 amide bonds. The van der Waals surface area contributed by atoms with Crippen LogP contribution in [-0.2, 0) is 9.84 Å². The van der Waals surface area contributed by atoms with E-state index in [1.54, 1.807) is 0 Å². The number of carbonyl (C=O) groups excluding carboxylic acids is 1. The van der Waals surface area contributed by atoms with E-state index in [-0.39, 0.29) is 39.7 Å². The summed E-state index contributed by atoms with van der Waals surface area (Å²) in [7, 11) is -4.10. The molecule has 7 nitrogen and oxygen atoms in total. The molecule has 2 saturated carbocycles. The number of fused-ring (bicyclic) bond motifs is 2. The van der Waals surface area contributed by atoms with Gasteiger partial charge in [-0.1, -0.05) is 17.7 Å². The summed E-state index contributed by atoms with van der Waals surface area (Å²) in [5.41, 5.74) is -1.79. The Morgan fingerprint density at radius 2 is 1.72 bits per heavy atom. The lowest BCUT2D eigenvalue weighted by atomic mass is 9.70. The average Bonchev–Trinajstić information content (AvgIpc) is 3.05. The fourth-order valence-corrected chi connectivity index (χ4v) is 8.28. The highest BCUT2D eigenvalue weighted by molar-refractivity contribution is 7.92. The van der Waals surface area contributed by atoms with Gasteiger partial charge in [0, 0.05) is 17.3 Å². The number of sulfone groups is 1. The van der Waals surface area contributed by atoms with Gasteiger partial charge in [-0.3, -0.25) is 4.79 Å². The summed E-state index contributed by atoms with van der Waals surface area (Å²) in [4.78, 5) is 16.2. The Morgan fingerprint density at radius 3 is 2.36 bits per heavy atom. The van der Waals surface area contributed by atoms with E-state index in [9.17, 15) is 36.6 Å². The van der Waals surface area contributed by atoms with Crippen molar-refractivity contribution in [3.8, 4) is 0 Å². The Morgan fingerprint density at radius 1 is 1.03 bits per heavy atom. The maximum Gasteiger partial charge on any atom is 0.255 e. The van der Waals surface area contributed by atoms with Crippen molar-refractivity contribution in [1.82, 2.24) is 4.98 Å². The number of anilines is 1. The van der Waals surface area contributed by atoms with Crippen LogP contribution in [0.4, 0.5) is 18.9 Å². The average molecular weight is 581 g/mol. The van der Waals surface area contributed by atoms with Gasteiger partial charge in [-0.25, -0.2) is 22.2 Å². The molecule has 5 rings (SSSR count). The molecule has 0 spiro atoms. The number of aromatic nitrogens is 1. The molecule has 2 bridgehead atoms. The molecule has 5 atom stereocenters. The zero-order valence-electron chi connectivity index (χ0n) is 20.3. The lowest BCUT2D eigenvalue weighted by Crippen LogP contribution is -2.52. The quantitative estimate of drug-likeness (QED) is 0.360. The zero-order chi connectivity index (χ0) is 28.1. The van der Waals surface area contributed by atoms with E-state index in [0.29, 0.717) is 12.8 Å². The van der Waals surface area contributed by atoms with Gasteiger partial charge in [-0.2, -0.15) is 4.39 Å². The minimum Gasteiger partial charge on any atom is -0.386 e. The number of amides is 1. The van der Waals surface area contributed by atoms with E-state index < -0.39 is 62.1 Å². The Labute approximate surface area is 227 Å².